The van der Waals surface area contributed by atoms with Crippen LogP contribution in [0.15, 0.2) is 53.9 Å². The fourth-order valence-electron chi connectivity index (χ4n) is 2.00. The normalized spacial score (nSPS) is 11.1. The Kier molecular flexibility index (Phi) is 5.50. The summed E-state index contributed by atoms with van der Waals surface area (Å²) < 4.78 is 1.92. The summed E-state index contributed by atoms with van der Waals surface area (Å²) in [7, 11) is 0. The van der Waals surface area contributed by atoms with Gasteiger partial charge in [0.05, 0.1) is 15.9 Å². The second kappa shape index (κ2) is 7.77. The van der Waals surface area contributed by atoms with E-state index >= 15 is 0 Å². The summed E-state index contributed by atoms with van der Waals surface area (Å²) in [5.41, 5.74) is 2.79. The standard InChI is InChI=1S/C15H16N5O4/c1-2-12(11-18-8-4-3-5-9-18)16-17-14-7-6-13(19(21)22)10-15(14)20(23)24/h3-10,17H,2,11H2,1H3/q+1. The second-order valence-electron chi connectivity index (χ2n) is 4.91. The number of nitro groups is 2. The molecule has 1 aromatic carbocycles. The molecule has 2 rings (SSSR count). The van der Waals surface area contributed by atoms with Gasteiger partial charge in [-0.2, -0.15) is 9.67 Å². The first-order valence-corrected chi connectivity index (χ1v) is 7.19. The molecule has 0 aliphatic rings. The van der Waals surface area contributed by atoms with Gasteiger partial charge in [0.2, 0.25) is 0 Å². The van der Waals surface area contributed by atoms with Crippen molar-refractivity contribution in [1.82, 2.24) is 0 Å². The number of nitrogens with one attached hydrogen (secondary N) is 1. The van der Waals surface area contributed by atoms with Crippen molar-refractivity contribution in [2.75, 3.05) is 5.43 Å². The molecule has 0 unspecified atom stereocenters. The maximum absolute atomic E-state index is 11.1. The Morgan fingerprint density at radius 3 is 2.46 bits per heavy atom. The zero-order valence-corrected chi connectivity index (χ0v) is 13.0. The molecule has 0 aliphatic heterocycles. The van der Waals surface area contributed by atoms with Gasteiger partial charge in [-0.1, -0.05) is 13.0 Å². The van der Waals surface area contributed by atoms with Crippen LogP contribution >= 0.6 is 0 Å². The van der Waals surface area contributed by atoms with E-state index in [4.69, 9.17) is 0 Å². The third-order valence-corrected chi connectivity index (χ3v) is 3.27. The number of hydrogen-bond acceptors (Lipinski definition) is 6. The highest BCUT2D eigenvalue weighted by molar-refractivity contribution is 5.84. The number of rotatable bonds is 7. The molecule has 1 aromatic heterocycles. The largest absolute Gasteiger partial charge is 0.301 e. The fourth-order valence-corrected chi connectivity index (χ4v) is 2.00. The minimum atomic E-state index is -0.678. The number of nitro benzene ring substituents is 2. The molecule has 1 heterocycles. The van der Waals surface area contributed by atoms with Crippen molar-refractivity contribution >= 4 is 22.8 Å². The van der Waals surface area contributed by atoms with Crippen LogP contribution in [0.5, 0.6) is 0 Å². The molecule has 0 atom stereocenters. The Morgan fingerprint density at radius 2 is 1.88 bits per heavy atom. The minimum absolute atomic E-state index is 0.106. The van der Waals surface area contributed by atoms with Crippen LogP contribution in [0.1, 0.15) is 13.3 Å². The van der Waals surface area contributed by atoms with Gasteiger partial charge in [-0.15, -0.1) is 0 Å². The molecule has 0 radical (unpaired) electrons. The van der Waals surface area contributed by atoms with E-state index < -0.39 is 15.5 Å². The molecule has 2 aromatic rings. The van der Waals surface area contributed by atoms with Crippen molar-refractivity contribution in [3.05, 3.63) is 69.0 Å². The lowest BCUT2D eigenvalue weighted by atomic mass is 10.2. The molecule has 0 bridgehead atoms. The van der Waals surface area contributed by atoms with E-state index in [2.05, 4.69) is 10.5 Å². The van der Waals surface area contributed by atoms with Crippen LogP contribution in [0.25, 0.3) is 0 Å². The van der Waals surface area contributed by atoms with Crippen LogP contribution in [0, 0.1) is 20.2 Å². The number of hydrazone groups is 1. The van der Waals surface area contributed by atoms with Crippen molar-refractivity contribution in [2.45, 2.75) is 19.9 Å². The predicted octanol–water partition coefficient (Wildman–Crippen LogP) is 2.67. The van der Waals surface area contributed by atoms with Crippen molar-refractivity contribution in [1.29, 1.82) is 0 Å². The number of aromatic nitrogens is 1. The molecule has 0 spiro atoms. The van der Waals surface area contributed by atoms with Crippen LogP contribution < -0.4 is 9.99 Å². The van der Waals surface area contributed by atoms with E-state index in [0.717, 1.165) is 11.8 Å². The summed E-state index contributed by atoms with van der Waals surface area (Å²) in [6.07, 6.45) is 4.43. The maximum atomic E-state index is 11.1. The third kappa shape index (κ3) is 4.32. The third-order valence-electron chi connectivity index (χ3n) is 3.27. The van der Waals surface area contributed by atoms with Crippen molar-refractivity contribution < 1.29 is 14.4 Å². The molecule has 0 fully saturated rings. The number of anilines is 1. The van der Waals surface area contributed by atoms with E-state index in [1.807, 2.05) is 42.1 Å². The number of nitrogens with zero attached hydrogens (tertiary/aromatic N) is 4. The summed E-state index contributed by atoms with van der Waals surface area (Å²) >= 11 is 0. The van der Waals surface area contributed by atoms with E-state index in [-0.39, 0.29) is 11.4 Å². The first-order valence-electron chi connectivity index (χ1n) is 7.19. The number of hydrogen-bond donors (Lipinski definition) is 1. The second-order valence-corrected chi connectivity index (χ2v) is 4.91. The Bertz CT molecular complexity index is 777. The lowest BCUT2D eigenvalue weighted by Crippen LogP contribution is -2.36. The molecule has 0 saturated heterocycles. The highest BCUT2D eigenvalue weighted by atomic mass is 16.6. The Balaban J connectivity index is 2.22. The Labute approximate surface area is 137 Å². The first-order chi connectivity index (χ1) is 11.5. The van der Waals surface area contributed by atoms with Crippen LogP contribution in [-0.4, -0.2) is 15.6 Å². The molecule has 0 aliphatic carbocycles. The molecule has 1 N–H and O–H groups in total. The molecule has 9 heteroatoms. The van der Waals surface area contributed by atoms with Gasteiger partial charge in [0, 0.05) is 18.2 Å². The smallest absolute Gasteiger partial charge is 0.272 e. The molecule has 24 heavy (non-hydrogen) atoms. The summed E-state index contributed by atoms with van der Waals surface area (Å²) in [4.78, 5) is 20.5. The summed E-state index contributed by atoms with van der Waals surface area (Å²) in [6.45, 7) is 2.46. The molecular formula is C15H16N5O4+. The average Bonchev–Trinajstić information content (AvgIpc) is 2.59. The first kappa shape index (κ1) is 17.0. The maximum Gasteiger partial charge on any atom is 0.301 e. The van der Waals surface area contributed by atoms with Crippen LogP contribution in [0.3, 0.4) is 0 Å². The van der Waals surface area contributed by atoms with Gasteiger partial charge in [-0.25, -0.2) is 0 Å². The Morgan fingerprint density at radius 1 is 1.17 bits per heavy atom. The summed E-state index contributed by atoms with van der Waals surface area (Å²) in [5.74, 6) is 0. The fraction of sp³-hybridized carbons (Fsp3) is 0.200. The number of non-ortho nitro benzene ring substituents is 1. The highest BCUT2D eigenvalue weighted by Crippen LogP contribution is 2.28. The molecule has 0 amide bonds. The zero-order valence-electron chi connectivity index (χ0n) is 13.0. The van der Waals surface area contributed by atoms with E-state index in [0.29, 0.717) is 13.0 Å². The van der Waals surface area contributed by atoms with E-state index in [1.165, 1.54) is 12.1 Å². The van der Waals surface area contributed by atoms with Gasteiger partial charge in [0.15, 0.2) is 18.9 Å². The highest BCUT2D eigenvalue weighted by Gasteiger charge is 2.19. The van der Waals surface area contributed by atoms with Crippen molar-refractivity contribution in [3.8, 4) is 0 Å². The zero-order chi connectivity index (χ0) is 17.5. The molecule has 124 valence electrons. The van der Waals surface area contributed by atoms with Crippen LogP contribution in [-0.2, 0) is 6.54 Å². The monoisotopic (exact) mass is 330 g/mol. The van der Waals surface area contributed by atoms with Gasteiger partial charge in [0.1, 0.15) is 11.4 Å². The SMILES string of the molecule is CCC(C[n+]1ccccc1)=NNc1ccc([N+](=O)[O-])cc1[N+](=O)[O-]. The lowest BCUT2D eigenvalue weighted by molar-refractivity contribution is -0.682. The minimum Gasteiger partial charge on any atom is -0.272 e. The van der Waals surface area contributed by atoms with Crippen molar-refractivity contribution in [2.24, 2.45) is 5.10 Å². The van der Waals surface area contributed by atoms with Gasteiger partial charge < -0.3 is 0 Å². The van der Waals surface area contributed by atoms with Crippen LogP contribution in [0.2, 0.25) is 0 Å². The molecule has 9 nitrogen and oxygen atoms in total. The molecule has 0 saturated carbocycles. The van der Waals surface area contributed by atoms with Gasteiger partial charge >= 0.3 is 5.69 Å². The lowest BCUT2D eigenvalue weighted by Gasteiger charge is -2.04. The quantitative estimate of drug-likeness (QED) is 0.363. The van der Waals surface area contributed by atoms with E-state index in [9.17, 15) is 20.2 Å². The summed E-state index contributed by atoms with van der Waals surface area (Å²) in [6, 6.07) is 9.07. The predicted molar refractivity (Wildman–Crippen MR) is 87.7 cm³/mol. The van der Waals surface area contributed by atoms with Crippen molar-refractivity contribution in [3.63, 3.8) is 0 Å². The Hall–Kier alpha value is -3.36. The van der Waals surface area contributed by atoms with E-state index in [1.54, 1.807) is 0 Å². The molecular weight excluding hydrogens is 314 g/mol. The number of benzene rings is 1. The van der Waals surface area contributed by atoms with Crippen LogP contribution in [0.4, 0.5) is 17.1 Å². The summed E-state index contributed by atoms with van der Waals surface area (Å²) in [5, 5.41) is 26.0. The van der Waals surface area contributed by atoms with Gasteiger partial charge in [0.25, 0.3) is 5.69 Å². The topological polar surface area (TPSA) is 115 Å². The average molecular weight is 330 g/mol. The van der Waals surface area contributed by atoms with Gasteiger partial charge in [-0.3, -0.25) is 25.7 Å². The van der Waals surface area contributed by atoms with Gasteiger partial charge in [-0.05, 0) is 12.5 Å². The number of pyridine rings is 1.